The third kappa shape index (κ3) is 5.54. The Bertz CT molecular complexity index is 1310. The Labute approximate surface area is 188 Å². The molecule has 0 aliphatic rings. The monoisotopic (exact) mass is 477 g/mol. The van der Waals surface area contributed by atoms with Crippen LogP contribution in [0.2, 0.25) is 5.02 Å². The van der Waals surface area contributed by atoms with E-state index in [-0.39, 0.29) is 22.0 Å². The highest BCUT2D eigenvalue weighted by Gasteiger charge is 2.19. The summed E-state index contributed by atoms with van der Waals surface area (Å²) < 4.78 is 41.9. The van der Waals surface area contributed by atoms with Crippen molar-refractivity contribution in [3.05, 3.63) is 77.1 Å². The van der Waals surface area contributed by atoms with Gasteiger partial charge in [0.05, 0.1) is 21.8 Å². The van der Waals surface area contributed by atoms with Crippen molar-refractivity contribution in [3.63, 3.8) is 0 Å². The molecule has 3 aromatic rings. The maximum atomic E-state index is 14.2. The molecule has 0 fully saturated rings. The Balaban J connectivity index is 1.88. The quantitative estimate of drug-likeness (QED) is 0.396. The summed E-state index contributed by atoms with van der Waals surface area (Å²) in [4.78, 5) is 23.5. The van der Waals surface area contributed by atoms with Crippen molar-refractivity contribution in [2.24, 2.45) is 0 Å². The highest BCUT2D eigenvalue weighted by atomic mass is 35.5. The van der Waals surface area contributed by atoms with Crippen molar-refractivity contribution in [2.45, 2.75) is 11.8 Å². The van der Waals surface area contributed by atoms with Crippen molar-refractivity contribution in [1.29, 1.82) is 0 Å². The molecule has 2 amide bonds. The van der Waals surface area contributed by atoms with Gasteiger partial charge in [-0.3, -0.25) is 14.3 Å². The number of phenols is 1. The topological polar surface area (TPSA) is 125 Å². The zero-order valence-electron chi connectivity index (χ0n) is 16.5. The number of halogens is 2. The van der Waals surface area contributed by atoms with Gasteiger partial charge in [0.15, 0.2) is 0 Å². The SMILES string of the molecule is CC(=O)Nc1ccc(F)c(C(=O)Nc2cc(S(=O)(=O)Nc3cccc(Cl)c3)ccc2O)c1. The van der Waals surface area contributed by atoms with Gasteiger partial charge >= 0.3 is 0 Å². The second-order valence-corrected chi connectivity index (χ2v) is 8.74. The number of carbonyl (C=O) groups is 2. The van der Waals surface area contributed by atoms with E-state index in [0.29, 0.717) is 5.02 Å². The summed E-state index contributed by atoms with van der Waals surface area (Å²) in [5.74, 6) is -2.67. The Kier molecular flexibility index (Phi) is 6.66. The fourth-order valence-electron chi connectivity index (χ4n) is 2.72. The molecular formula is C21H17ClFN3O5S. The number of carbonyl (C=O) groups excluding carboxylic acids is 2. The minimum Gasteiger partial charge on any atom is -0.506 e. The van der Waals surface area contributed by atoms with Gasteiger partial charge in [-0.1, -0.05) is 17.7 Å². The van der Waals surface area contributed by atoms with E-state index < -0.39 is 39.0 Å². The lowest BCUT2D eigenvalue weighted by Gasteiger charge is -2.12. The molecule has 3 aromatic carbocycles. The maximum absolute atomic E-state index is 14.2. The van der Waals surface area contributed by atoms with Crippen LogP contribution >= 0.6 is 11.6 Å². The molecule has 166 valence electrons. The standard InChI is InChI=1S/C21H17ClFN3O5S/c1-12(27)24-14-5-7-18(23)17(10-14)21(29)25-19-11-16(6-8-20(19)28)32(30,31)26-15-4-2-3-13(22)9-15/h2-11,26,28H,1H3,(H,24,27)(H,25,29). The number of rotatable bonds is 6. The van der Waals surface area contributed by atoms with Gasteiger partial charge < -0.3 is 15.7 Å². The summed E-state index contributed by atoms with van der Waals surface area (Å²) in [6.45, 7) is 1.25. The van der Waals surface area contributed by atoms with Gasteiger partial charge in [-0.2, -0.15) is 0 Å². The lowest BCUT2D eigenvalue weighted by molar-refractivity contribution is -0.114. The molecular weight excluding hydrogens is 461 g/mol. The maximum Gasteiger partial charge on any atom is 0.261 e. The number of hydrogen-bond donors (Lipinski definition) is 4. The van der Waals surface area contributed by atoms with Crippen LogP contribution in [0.5, 0.6) is 5.75 Å². The average molecular weight is 478 g/mol. The summed E-state index contributed by atoms with van der Waals surface area (Å²) in [6.07, 6.45) is 0. The van der Waals surface area contributed by atoms with Gasteiger partial charge in [0, 0.05) is 17.6 Å². The largest absolute Gasteiger partial charge is 0.506 e. The molecule has 8 nitrogen and oxygen atoms in total. The van der Waals surface area contributed by atoms with Crippen LogP contribution in [0, 0.1) is 5.82 Å². The molecule has 0 saturated heterocycles. The van der Waals surface area contributed by atoms with Crippen molar-refractivity contribution in [2.75, 3.05) is 15.4 Å². The molecule has 3 rings (SSSR count). The van der Waals surface area contributed by atoms with Gasteiger partial charge in [0.25, 0.3) is 15.9 Å². The van der Waals surface area contributed by atoms with Crippen LogP contribution in [0.25, 0.3) is 0 Å². The van der Waals surface area contributed by atoms with Gasteiger partial charge in [0.1, 0.15) is 11.6 Å². The first-order valence-corrected chi connectivity index (χ1v) is 10.9. The lowest BCUT2D eigenvalue weighted by atomic mass is 10.1. The highest BCUT2D eigenvalue weighted by molar-refractivity contribution is 7.92. The van der Waals surface area contributed by atoms with Crippen LogP contribution in [0.4, 0.5) is 21.5 Å². The van der Waals surface area contributed by atoms with Crippen LogP contribution in [0.1, 0.15) is 17.3 Å². The van der Waals surface area contributed by atoms with Gasteiger partial charge in [-0.15, -0.1) is 0 Å². The third-order valence-electron chi connectivity index (χ3n) is 4.13. The zero-order chi connectivity index (χ0) is 23.5. The molecule has 11 heteroatoms. The number of anilines is 3. The number of sulfonamides is 1. The molecule has 0 atom stereocenters. The second kappa shape index (κ2) is 9.25. The van der Waals surface area contributed by atoms with E-state index in [1.807, 2.05) is 0 Å². The Hall–Kier alpha value is -3.63. The van der Waals surface area contributed by atoms with E-state index in [9.17, 15) is 27.5 Å². The molecule has 0 radical (unpaired) electrons. The number of nitrogens with one attached hydrogen (secondary N) is 3. The number of hydrogen-bond acceptors (Lipinski definition) is 5. The number of amides is 2. The molecule has 4 N–H and O–H groups in total. The van der Waals surface area contributed by atoms with E-state index in [0.717, 1.165) is 30.3 Å². The molecule has 0 bridgehead atoms. The number of aromatic hydroxyl groups is 1. The summed E-state index contributed by atoms with van der Waals surface area (Å²) in [6, 6.07) is 12.7. The summed E-state index contributed by atoms with van der Waals surface area (Å²) in [7, 11) is -4.09. The van der Waals surface area contributed by atoms with Crippen molar-refractivity contribution in [3.8, 4) is 5.75 Å². The van der Waals surface area contributed by atoms with E-state index in [1.165, 1.54) is 25.1 Å². The smallest absolute Gasteiger partial charge is 0.261 e. The minimum atomic E-state index is -4.09. The molecule has 0 saturated carbocycles. The van der Waals surface area contributed by atoms with E-state index in [2.05, 4.69) is 15.4 Å². The van der Waals surface area contributed by atoms with Crippen molar-refractivity contribution < 1.29 is 27.5 Å². The van der Waals surface area contributed by atoms with Crippen LogP contribution in [-0.2, 0) is 14.8 Å². The first-order valence-electron chi connectivity index (χ1n) is 9.05. The lowest BCUT2D eigenvalue weighted by Crippen LogP contribution is -2.16. The Morgan fingerprint density at radius 3 is 2.41 bits per heavy atom. The molecule has 0 aliphatic heterocycles. The minimum absolute atomic E-state index is 0.190. The fraction of sp³-hybridized carbons (Fsp3) is 0.0476. The third-order valence-corrected chi connectivity index (χ3v) is 5.75. The van der Waals surface area contributed by atoms with Gasteiger partial charge in [-0.25, -0.2) is 12.8 Å². The van der Waals surface area contributed by atoms with Crippen LogP contribution < -0.4 is 15.4 Å². The predicted octanol–water partition coefficient (Wildman–Crippen LogP) is 4.20. The molecule has 0 aliphatic carbocycles. The van der Waals surface area contributed by atoms with Crippen molar-refractivity contribution >= 4 is 50.5 Å². The Morgan fingerprint density at radius 1 is 0.969 bits per heavy atom. The zero-order valence-corrected chi connectivity index (χ0v) is 18.1. The molecule has 0 spiro atoms. The predicted molar refractivity (Wildman–Crippen MR) is 119 cm³/mol. The fourth-order valence-corrected chi connectivity index (χ4v) is 3.98. The number of benzene rings is 3. The van der Waals surface area contributed by atoms with Crippen LogP contribution in [-0.4, -0.2) is 25.3 Å². The molecule has 0 unspecified atom stereocenters. The van der Waals surface area contributed by atoms with Crippen LogP contribution in [0.3, 0.4) is 0 Å². The van der Waals surface area contributed by atoms with Crippen LogP contribution in [0.15, 0.2) is 65.6 Å². The van der Waals surface area contributed by atoms with Crippen molar-refractivity contribution in [1.82, 2.24) is 0 Å². The van der Waals surface area contributed by atoms with E-state index >= 15 is 0 Å². The molecule has 32 heavy (non-hydrogen) atoms. The van der Waals surface area contributed by atoms with E-state index in [4.69, 9.17) is 11.6 Å². The summed E-state index contributed by atoms with van der Waals surface area (Å²) in [5, 5.41) is 15.1. The molecule has 0 heterocycles. The van der Waals surface area contributed by atoms with Gasteiger partial charge in [0.2, 0.25) is 5.91 Å². The average Bonchev–Trinajstić information content (AvgIpc) is 2.70. The highest BCUT2D eigenvalue weighted by Crippen LogP contribution is 2.29. The normalized spacial score (nSPS) is 11.0. The molecule has 0 aromatic heterocycles. The Morgan fingerprint density at radius 2 is 1.72 bits per heavy atom. The first kappa shape index (κ1) is 23.0. The first-order chi connectivity index (χ1) is 15.0. The summed E-state index contributed by atoms with van der Waals surface area (Å²) in [5.41, 5.74) is -0.266. The van der Waals surface area contributed by atoms with E-state index in [1.54, 1.807) is 12.1 Å². The second-order valence-electron chi connectivity index (χ2n) is 6.62. The van der Waals surface area contributed by atoms with Gasteiger partial charge in [-0.05, 0) is 54.6 Å². The number of phenolic OH excluding ortho intramolecular Hbond substituents is 1. The summed E-state index contributed by atoms with van der Waals surface area (Å²) >= 11 is 5.86.